The summed E-state index contributed by atoms with van der Waals surface area (Å²) in [6.07, 6.45) is 71.9. The zero-order valence-corrected chi connectivity index (χ0v) is 43.9. The van der Waals surface area contributed by atoms with Crippen molar-refractivity contribution in [3.05, 3.63) is 85.1 Å². The van der Waals surface area contributed by atoms with E-state index in [1.807, 2.05) is 0 Å². The fraction of sp³-hybridized carbons (Fsp3) is 0.721. The number of unbranched alkanes of at least 4 members (excludes halogenated alkanes) is 25. The Balaban J connectivity index is 4.06. The summed E-state index contributed by atoms with van der Waals surface area (Å²) in [4.78, 5) is 37.8. The second-order valence-corrected chi connectivity index (χ2v) is 18.4. The number of carbonyl (C=O) groups excluding carboxylic acids is 3. The first-order chi connectivity index (χ1) is 33.0. The van der Waals surface area contributed by atoms with E-state index in [1.54, 1.807) is 0 Å². The molecule has 6 heteroatoms. The molecule has 1 atom stereocenters. The summed E-state index contributed by atoms with van der Waals surface area (Å²) >= 11 is 0. The maximum Gasteiger partial charge on any atom is 0.306 e. The maximum atomic E-state index is 12.8. The zero-order chi connectivity index (χ0) is 48.6. The summed E-state index contributed by atoms with van der Waals surface area (Å²) in [5.41, 5.74) is 0. The van der Waals surface area contributed by atoms with E-state index in [9.17, 15) is 14.4 Å². The number of hydrogen-bond acceptors (Lipinski definition) is 6. The molecule has 0 spiro atoms. The lowest BCUT2D eigenvalue weighted by atomic mass is 10.0. The fourth-order valence-electron chi connectivity index (χ4n) is 7.74. The molecule has 0 radical (unpaired) electrons. The van der Waals surface area contributed by atoms with Gasteiger partial charge in [-0.15, -0.1) is 0 Å². The predicted molar refractivity (Wildman–Crippen MR) is 288 cm³/mol. The second kappa shape index (κ2) is 55.2. The van der Waals surface area contributed by atoms with E-state index in [0.29, 0.717) is 19.3 Å². The average molecular weight is 933 g/mol. The van der Waals surface area contributed by atoms with Gasteiger partial charge in [-0.05, 0) is 89.9 Å². The molecular formula is C61H104O6. The summed E-state index contributed by atoms with van der Waals surface area (Å²) in [5, 5.41) is 0. The third kappa shape index (κ3) is 53.4. The van der Waals surface area contributed by atoms with Crippen LogP contribution < -0.4 is 0 Å². The Morgan fingerprint density at radius 2 is 0.582 bits per heavy atom. The van der Waals surface area contributed by atoms with E-state index >= 15 is 0 Å². The summed E-state index contributed by atoms with van der Waals surface area (Å²) in [5.74, 6) is -0.901. The van der Waals surface area contributed by atoms with Crippen LogP contribution in [0.15, 0.2) is 85.1 Å². The minimum absolute atomic E-state index is 0.0798. The highest BCUT2D eigenvalue weighted by molar-refractivity contribution is 5.71. The highest BCUT2D eigenvalue weighted by Crippen LogP contribution is 2.16. The Kier molecular flexibility index (Phi) is 52.4. The Hall–Kier alpha value is -3.41. The number of ether oxygens (including phenoxy) is 3. The van der Waals surface area contributed by atoms with E-state index in [0.717, 1.165) is 116 Å². The molecule has 0 bridgehead atoms. The molecule has 67 heavy (non-hydrogen) atoms. The van der Waals surface area contributed by atoms with Crippen molar-refractivity contribution in [2.45, 2.75) is 271 Å². The van der Waals surface area contributed by atoms with Crippen molar-refractivity contribution < 1.29 is 28.6 Å². The van der Waals surface area contributed by atoms with E-state index in [-0.39, 0.29) is 31.1 Å². The van der Waals surface area contributed by atoms with E-state index in [1.165, 1.54) is 109 Å². The quantitative estimate of drug-likeness (QED) is 0.0262. The lowest BCUT2D eigenvalue weighted by Crippen LogP contribution is -2.30. The molecule has 6 nitrogen and oxygen atoms in total. The molecular weight excluding hydrogens is 829 g/mol. The van der Waals surface area contributed by atoms with Crippen LogP contribution >= 0.6 is 0 Å². The molecule has 0 aromatic carbocycles. The molecule has 0 aliphatic rings. The van der Waals surface area contributed by atoms with Crippen molar-refractivity contribution in [2.24, 2.45) is 0 Å². The van der Waals surface area contributed by atoms with Crippen LogP contribution in [-0.4, -0.2) is 37.2 Å². The predicted octanol–water partition coefficient (Wildman–Crippen LogP) is 18.8. The summed E-state index contributed by atoms with van der Waals surface area (Å²) in [7, 11) is 0. The van der Waals surface area contributed by atoms with Gasteiger partial charge in [-0.1, -0.05) is 241 Å². The van der Waals surface area contributed by atoms with Crippen LogP contribution in [0.4, 0.5) is 0 Å². The molecule has 0 saturated heterocycles. The second-order valence-electron chi connectivity index (χ2n) is 18.4. The maximum absolute atomic E-state index is 12.8. The molecule has 0 aromatic heterocycles. The van der Waals surface area contributed by atoms with Crippen LogP contribution in [0.3, 0.4) is 0 Å². The van der Waals surface area contributed by atoms with Gasteiger partial charge in [0.2, 0.25) is 0 Å². The largest absolute Gasteiger partial charge is 0.462 e. The molecule has 0 rings (SSSR count). The topological polar surface area (TPSA) is 78.9 Å². The van der Waals surface area contributed by atoms with Crippen LogP contribution in [0.5, 0.6) is 0 Å². The Morgan fingerprint density at radius 3 is 0.910 bits per heavy atom. The molecule has 0 N–H and O–H groups in total. The standard InChI is InChI=1S/C61H104O6/c1-4-7-10-13-15-17-19-21-23-25-26-27-28-29-30-31-32-33-34-36-37-39-41-43-45-48-51-54-60(63)66-57-58(56-65-59(62)53-50-47-12-9-6-3)67-61(64)55-52-49-46-44-42-40-38-35-24-22-20-18-16-14-11-8-5-2/h7-8,10-11,15-18,21-24,26-27,58H,4-6,9,12-14,19-20,25,28-57H2,1-3H3/b10-7-,11-8-,17-15-,18-16-,23-21-,24-22-,27-26-. The smallest absolute Gasteiger partial charge is 0.306 e. The SMILES string of the molecule is CC/C=C\C/C=C\C/C=C\C/C=C\CCCCCCCCCCCCCCCCC(=O)OCC(COC(=O)CCCCCCC)OC(=O)CCCCCCCCC/C=C\C/C=C\C/C=C\CC. The lowest BCUT2D eigenvalue weighted by Gasteiger charge is -2.18. The lowest BCUT2D eigenvalue weighted by molar-refractivity contribution is -0.167. The normalized spacial score (nSPS) is 12.7. The van der Waals surface area contributed by atoms with E-state index in [4.69, 9.17) is 14.2 Å². The van der Waals surface area contributed by atoms with Gasteiger partial charge < -0.3 is 14.2 Å². The van der Waals surface area contributed by atoms with Gasteiger partial charge in [-0.3, -0.25) is 14.4 Å². The zero-order valence-electron chi connectivity index (χ0n) is 43.9. The highest BCUT2D eigenvalue weighted by atomic mass is 16.6. The number of esters is 3. The first-order valence-electron chi connectivity index (χ1n) is 28.1. The van der Waals surface area contributed by atoms with Crippen LogP contribution in [0, 0.1) is 0 Å². The Labute approximate surface area is 414 Å². The van der Waals surface area contributed by atoms with Crippen LogP contribution in [0.2, 0.25) is 0 Å². The average Bonchev–Trinajstić information content (AvgIpc) is 3.33. The summed E-state index contributed by atoms with van der Waals surface area (Å²) < 4.78 is 16.7. The minimum Gasteiger partial charge on any atom is -0.462 e. The van der Waals surface area contributed by atoms with Crippen LogP contribution in [0.1, 0.15) is 265 Å². The number of carbonyl (C=O) groups is 3. The van der Waals surface area contributed by atoms with Crippen LogP contribution in [0.25, 0.3) is 0 Å². The van der Waals surface area contributed by atoms with E-state index < -0.39 is 6.10 Å². The van der Waals surface area contributed by atoms with Crippen molar-refractivity contribution in [3.8, 4) is 0 Å². The van der Waals surface area contributed by atoms with Gasteiger partial charge in [0.15, 0.2) is 6.10 Å². The van der Waals surface area contributed by atoms with Crippen molar-refractivity contribution in [2.75, 3.05) is 13.2 Å². The van der Waals surface area contributed by atoms with E-state index in [2.05, 4.69) is 106 Å². The molecule has 0 saturated carbocycles. The van der Waals surface area contributed by atoms with Crippen molar-refractivity contribution in [3.63, 3.8) is 0 Å². The first-order valence-corrected chi connectivity index (χ1v) is 28.1. The molecule has 384 valence electrons. The summed E-state index contributed by atoms with van der Waals surface area (Å²) in [6.45, 7) is 6.33. The number of allylic oxidation sites excluding steroid dienone is 14. The Morgan fingerprint density at radius 1 is 0.313 bits per heavy atom. The molecule has 0 amide bonds. The van der Waals surface area contributed by atoms with Gasteiger partial charge in [-0.25, -0.2) is 0 Å². The third-order valence-electron chi connectivity index (χ3n) is 11.9. The number of rotatable bonds is 50. The van der Waals surface area contributed by atoms with Gasteiger partial charge in [-0.2, -0.15) is 0 Å². The molecule has 0 heterocycles. The first kappa shape index (κ1) is 63.6. The molecule has 0 fully saturated rings. The fourth-order valence-corrected chi connectivity index (χ4v) is 7.74. The monoisotopic (exact) mass is 933 g/mol. The van der Waals surface area contributed by atoms with Gasteiger partial charge >= 0.3 is 17.9 Å². The highest BCUT2D eigenvalue weighted by Gasteiger charge is 2.19. The van der Waals surface area contributed by atoms with Gasteiger partial charge in [0.1, 0.15) is 13.2 Å². The van der Waals surface area contributed by atoms with Crippen LogP contribution in [-0.2, 0) is 28.6 Å². The third-order valence-corrected chi connectivity index (χ3v) is 11.9. The molecule has 0 aliphatic heterocycles. The van der Waals surface area contributed by atoms with Gasteiger partial charge in [0.25, 0.3) is 0 Å². The minimum atomic E-state index is -0.777. The molecule has 0 aromatic rings. The molecule has 0 aliphatic carbocycles. The van der Waals surface area contributed by atoms with Crippen molar-refractivity contribution in [1.82, 2.24) is 0 Å². The number of hydrogen-bond donors (Lipinski definition) is 0. The Bertz CT molecular complexity index is 1300. The van der Waals surface area contributed by atoms with Gasteiger partial charge in [0.05, 0.1) is 0 Å². The van der Waals surface area contributed by atoms with Crippen molar-refractivity contribution in [1.29, 1.82) is 0 Å². The molecule has 1 unspecified atom stereocenters. The van der Waals surface area contributed by atoms with Crippen molar-refractivity contribution >= 4 is 17.9 Å². The summed E-state index contributed by atoms with van der Waals surface area (Å²) in [6, 6.07) is 0. The van der Waals surface area contributed by atoms with Gasteiger partial charge in [0, 0.05) is 19.3 Å².